The van der Waals surface area contributed by atoms with Gasteiger partial charge in [0.1, 0.15) is 11.9 Å². The number of esters is 1. The molecule has 2 saturated heterocycles. The van der Waals surface area contributed by atoms with Crippen LogP contribution in [0.2, 0.25) is 5.02 Å². The van der Waals surface area contributed by atoms with Gasteiger partial charge in [-0.1, -0.05) is 29.5 Å². The van der Waals surface area contributed by atoms with Crippen LogP contribution < -0.4 is 10.8 Å². The predicted octanol–water partition coefficient (Wildman–Crippen LogP) is 3.22. The van der Waals surface area contributed by atoms with Gasteiger partial charge in [-0.05, 0) is 36.4 Å². The number of amides is 3. The van der Waals surface area contributed by atoms with Gasteiger partial charge >= 0.3 is 12.0 Å². The molecule has 2 N–H and O–H groups in total. The van der Waals surface area contributed by atoms with E-state index in [2.05, 4.69) is 37.4 Å². The average molecular weight is 692 g/mol. The number of rotatable bonds is 8. The number of thiazole rings is 1. The molecular weight excluding hydrogens is 661 g/mol. The number of hydroxylamine groups is 1. The van der Waals surface area contributed by atoms with Crippen LogP contribution in [-0.2, 0) is 14.4 Å². The molecule has 2 unspecified atom stereocenters. The molecule has 0 spiro atoms. The van der Waals surface area contributed by atoms with Crippen LogP contribution in [0.4, 0.5) is 9.18 Å². The Morgan fingerprint density at radius 1 is 1.17 bits per heavy atom. The van der Waals surface area contributed by atoms with E-state index in [-0.39, 0.29) is 35.1 Å². The van der Waals surface area contributed by atoms with Crippen molar-refractivity contribution in [1.29, 1.82) is 0 Å². The number of ether oxygens (including phenoxy) is 1. The lowest BCUT2D eigenvalue weighted by Crippen LogP contribution is -2.53. The number of amidine groups is 1. The van der Waals surface area contributed by atoms with E-state index in [1.54, 1.807) is 35.4 Å². The standard InChI is InChI=1S/C33H31ClFN7O5S/c1-46-32(44)27-26(37-29(31-36-11-15-48-31)38-28(27)24-10-9-22(35)16-25(24)34)19-40-13-14-42-23(17-40)18-41(33(42)45)12-3-4-20-5-7-21(8-6-20)30(43)39-47-2/h5-11,15-16,23,28H,12-14,17-19H2,1-2H3,(H,37,38)(H,39,43). The highest BCUT2D eigenvalue weighted by Gasteiger charge is 2.41. The van der Waals surface area contributed by atoms with Crippen LogP contribution in [0, 0.1) is 17.7 Å². The van der Waals surface area contributed by atoms with Gasteiger partial charge < -0.3 is 19.9 Å². The van der Waals surface area contributed by atoms with E-state index in [1.165, 1.54) is 43.8 Å². The summed E-state index contributed by atoms with van der Waals surface area (Å²) in [6.45, 7) is 2.71. The molecule has 2 atom stereocenters. The maximum Gasteiger partial charge on any atom is 0.338 e. The molecule has 48 heavy (non-hydrogen) atoms. The Labute approximate surface area is 285 Å². The molecular formula is C33H31ClFN7O5S. The van der Waals surface area contributed by atoms with E-state index >= 15 is 0 Å². The first-order chi connectivity index (χ1) is 23.2. The predicted molar refractivity (Wildman–Crippen MR) is 177 cm³/mol. The van der Waals surface area contributed by atoms with E-state index in [4.69, 9.17) is 21.3 Å². The molecule has 3 aliphatic rings. The van der Waals surface area contributed by atoms with Crippen molar-refractivity contribution in [3.63, 3.8) is 0 Å². The van der Waals surface area contributed by atoms with Crippen molar-refractivity contribution in [3.8, 4) is 11.8 Å². The molecule has 3 amide bonds. The monoisotopic (exact) mass is 691 g/mol. The molecule has 15 heteroatoms. The number of fused-ring (bicyclic) bond motifs is 1. The maximum atomic E-state index is 14.0. The van der Waals surface area contributed by atoms with Crippen LogP contribution in [0.3, 0.4) is 0 Å². The second-order valence-corrected chi connectivity index (χ2v) is 12.5. The van der Waals surface area contributed by atoms with Gasteiger partial charge in [0.05, 0.1) is 32.4 Å². The number of urea groups is 1. The van der Waals surface area contributed by atoms with Crippen LogP contribution >= 0.6 is 22.9 Å². The molecule has 0 saturated carbocycles. The fourth-order valence-electron chi connectivity index (χ4n) is 5.90. The molecule has 0 aliphatic carbocycles. The summed E-state index contributed by atoms with van der Waals surface area (Å²) in [7, 11) is 2.67. The smallest absolute Gasteiger partial charge is 0.338 e. The zero-order chi connectivity index (χ0) is 33.8. The third-order valence-corrected chi connectivity index (χ3v) is 9.27. The Hall–Kier alpha value is -4.81. The van der Waals surface area contributed by atoms with Gasteiger partial charge in [-0.3, -0.25) is 19.5 Å². The third-order valence-electron chi connectivity index (χ3n) is 8.16. The number of halogens is 2. The van der Waals surface area contributed by atoms with Crippen molar-refractivity contribution >= 4 is 46.7 Å². The summed E-state index contributed by atoms with van der Waals surface area (Å²) in [4.78, 5) is 58.0. The van der Waals surface area contributed by atoms with Crippen LogP contribution in [0.15, 0.2) is 70.3 Å². The number of piperazine rings is 1. The average Bonchev–Trinajstić information content (AvgIpc) is 3.73. The summed E-state index contributed by atoms with van der Waals surface area (Å²) < 4.78 is 19.2. The van der Waals surface area contributed by atoms with Gasteiger partial charge in [0.15, 0.2) is 10.8 Å². The summed E-state index contributed by atoms with van der Waals surface area (Å²) in [6, 6.07) is 9.76. The van der Waals surface area contributed by atoms with E-state index in [0.29, 0.717) is 60.4 Å². The minimum absolute atomic E-state index is 0.0741. The number of aromatic nitrogens is 1. The quantitative estimate of drug-likeness (QED) is 0.210. The SMILES string of the molecule is CONC(=O)c1ccc(C#CCN2CC3CN(CC4=C(C(=O)OC)C(c5ccc(F)cc5Cl)N=C(c5nccs5)N4)CCN3C2=O)cc1. The lowest BCUT2D eigenvalue weighted by atomic mass is 9.95. The van der Waals surface area contributed by atoms with Gasteiger partial charge in [-0.2, -0.15) is 0 Å². The number of aliphatic imine (C=N–C) groups is 1. The first kappa shape index (κ1) is 33.1. The summed E-state index contributed by atoms with van der Waals surface area (Å²) in [6.07, 6.45) is 1.66. The summed E-state index contributed by atoms with van der Waals surface area (Å²) in [5.41, 5.74) is 4.72. The van der Waals surface area contributed by atoms with Gasteiger partial charge in [0.25, 0.3) is 5.91 Å². The number of hydrogen-bond donors (Lipinski definition) is 2. The Kier molecular flexibility index (Phi) is 10.0. The minimum Gasteiger partial charge on any atom is -0.466 e. The number of benzene rings is 2. The number of methoxy groups -OCH3 is 1. The third kappa shape index (κ3) is 7.04. The molecule has 0 bridgehead atoms. The van der Waals surface area contributed by atoms with E-state index in [0.717, 1.165) is 5.56 Å². The Morgan fingerprint density at radius 3 is 2.69 bits per heavy atom. The zero-order valence-electron chi connectivity index (χ0n) is 26.0. The normalized spacial score (nSPS) is 19.2. The molecule has 4 heterocycles. The first-order valence-electron chi connectivity index (χ1n) is 15.0. The molecule has 248 valence electrons. The van der Waals surface area contributed by atoms with Crippen molar-refractivity contribution in [2.24, 2.45) is 4.99 Å². The van der Waals surface area contributed by atoms with Gasteiger partial charge in [0, 0.05) is 71.7 Å². The molecule has 12 nitrogen and oxygen atoms in total. The van der Waals surface area contributed by atoms with Crippen molar-refractivity contribution in [2.45, 2.75) is 12.1 Å². The first-order valence-corrected chi connectivity index (χ1v) is 16.2. The topological polar surface area (TPSA) is 129 Å². The summed E-state index contributed by atoms with van der Waals surface area (Å²) in [5.74, 6) is 5.15. The largest absolute Gasteiger partial charge is 0.466 e. The van der Waals surface area contributed by atoms with Gasteiger partial charge in [-0.15, -0.1) is 11.3 Å². The Balaban J connectivity index is 1.18. The summed E-state index contributed by atoms with van der Waals surface area (Å²) >= 11 is 7.86. The van der Waals surface area contributed by atoms with Crippen molar-refractivity contribution < 1.29 is 28.3 Å². The highest BCUT2D eigenvalue weighted by Crippen LogP contribution is 2.37. The molecule has 6 rings (SSSR count). The lowest BCUT2D eigenvalue weighted by molar-refractivity contribution is -0.136. The molecule has 3 aliphatic heterocycles. The number of nitrogens with one attached hydrogen (secondary N) is 2. The number of carbonyl (C=O) groups is 3. The molecule has 0 radical (unpaired) electrons. The maximum absolute atomic E-state index is 14.0. The molecule has 1 aromatic heterocycles. The Morgan fingerprint density at radius 2 is 1.98 bits per heavy atom. The highest BCUT2D eigenvalue weighted by atomic mass is 35.5. The molecule has 2 fully saturated rings. The fraction of sp³-hybridized carbons (Fsp3) is 0.303. The Bertz CT molecular complexity index is 1840. The van der Waals surface area contributed by atoms with Crippen LogP contribution in [0.5, 0.6) is 0 Å². The van der Waals surface area contributed by atoms with E-state index < -0.39 is 17.8 Å². The van der Waals surface area contributed by atoms with Crippen LogP contribution in [0.1, 0.15) is 32.5 Å². The minimum atomic E-state index is -0.858. The van der Waals surface area contributed by atoms with Crippen LogP contribution in [0.25, 0.3) is 0 Å². The van der Waals surface area contributed by atoms with Crippen LogP contribution in [-0.4, -0.2) is 103 Å². The zero-order valence-corrected chi connectivity index (χ0v) is 27.6. The highest BCUT2D eigenvalue weighted by molar-refractivity contribution is 7.11. The van der Waals surface area contributed by atoms with Crippen molar-refractivity contribution in [2.75, 3.05) is 53.5 Å². The van der Waals surface area contributed by atoms with Crippen molar-refractivity contribution in [3.05, 3.63) is 97.8 Å². The fourth-order valence-corrected chi connectivity index (χ4v) is 6.76. The molecule has 2 aromatic carbocycles. The van der Waals surface area contributed by atoms with Gasteiger partial charge in [0.2, 0.25) is 0 Å². The van der Waals surface area contributed by atoms with Crippen molar-refractivity contribution in [1.82, 2.24) is 30.5 Å². The lowest BCUT2D eigenvalue weighted by Gasteiger charge is -2.38. The number of nitrogens with zero attached hydrogens (tertiary/aromatic N) is 5. The number of hydrogen-bond acceptors (Lipinski definition) is 10. The molecule has 3 aromatic rings. The number of carbonyl (C=O) groups excluding carboxylic acids is 3. The van der Waals surface area contributed by atoms with E-state index in [9.17, 15) is 18.8 Å². The summed E-state index contributed by atoms with van der Waals surface area (Å²) in [5, 5.41) is 5.90. The van der Waals surface area contributed by atoms with Gasteiger partial charge in [-0.25, -0.2) is 24.4 Å². The second kappa shape index (κ2) is 14.5. The van der Waals surface area contributed by atoms with E-state index in [1.807, 2.05) is 10.3 Å². The second-order valence-electron chi connectivity index (χ2n) is 11.2.